The third-order valence-corrected chi connectivity index (χ3v) is 10.4. The molecule has 0 aliphatic carbocycles. The van der Waals surface area contributed by atoms with Gasteiger partial charge in [-0.2, -0.15) is 0 Å². The number of fused-ring (bicyclic) bond motifs is 8. The molecule has 3 heterocycles. The van der Waals surface area contributed by atoms with Crippen LogP contribution in [0, 0.1) is 20.8 Å². The van der Waals surface area contributed by atoms with E-state index in [0.29, 0.717) is 0 Å². The summed E-state index contributed by atoms with van der Waals surface area (Å²) >= 11 is 1.88. The van der Waals surface area contributed by atoms with Crippen LogP contribution >= 0.6 is 11.3 Å². The molecule has 0 atom stereocenters. The highest BCUT2D eigenvalue weighted by molar-refractivity contribution is 7.25. The van der Waals surface area contributed by atoms with Crippen LogP contribution in [0.2, 0.25) is 0 Å². The van der Waals surface area contributed by atoms with Crippen LogP contribution in [-0.2, 0) is 0 Å². The van der Waals surface area contributed by atoms with E-state index in [1.165, 1.54) is 92.6 Å². The van der Waals surface area contributed by atoms with Crippen molar-refractivity contribution >= 4 is 71.7 Å². The second kappa shape index (κ2) is 8.70. The summed E-state index contributed by atoms with van der Waals surface area (Å²) in [5.74, 6) is 0. The molecule has 7 aromatic rings. The van der Waals surface area contributed by atoms with Gasteiger partial charge in [0.1, 0.15) is 0 Å². The van der Waals surface area contributed by atoms with E-state index < -0.39 is 0 Å². The van der Waals surface area contributed by atoms with E-state index in [4.69, 9.17) is 0 Å². The highest BCUT2D eigenvalue weighted by atomic mass is 32.1. The van der Waals surface area contributed by atoms with Crippen LogP contribution < -0.4 is 21.3 Å². The maximum atomic E-state index is 2.50. The van der Waals surface area contributed by atoms with Crippen molar-refractivity contribution in [2.24, 2.45) is 0 Å². The lowest BCUT2D eigenvalue weighted by molar-refractivity contribution is 1.28. The summed E-state index contributed by atoms with van der Waals surface area (Å²) in [5.41, 5.74) is 17.2. The number of anilines is 3. The lowest BCUT2D eigenvalue weighted by Crippen LogP contribution is -2.54. The lowest BCUT2D eigenvalue weighted by atomic mass is 9.37. The molecule has 0 unspecified atom stereocenters. The molecule has 0 amide bonds. The first kappa shape index (κ1) is 24.0. The van der Waals surface area contributed by atoms with Crippen molar-refractivity contribution in [1.82, 2.24) is 0 Å². The SMILES string of the molecule is Cc1ccc(N2c3ccc(C)cc3B3c4cc(C)ccc4-c4cc(-c5ccc6sc7ccccc7c6c5)cc2c43)cc1. The maximum absolute atomic E-state index is 2.50. The number of nitrogens with zero attached hydrogens (tertiary/aromatic N) is 1. The highest BCUT2D eigenvalue weighted by Gasteiger charge is 2.42. The van der Waals surface area contributed by atoms with Gasteiger partial charge in [0.25, 0.3) is 0 Å². The zero-order chi connectivity index (χ0) is 28.1. The number of benzene rings is 6. The van der Waals surface area contributed by atoms with Crippen LogP contribution in [0.3, 0.4) is 0 Å². The third-order valence-electron chi connectivity index (χ3n) is 9.23. The molecule has 0 radical (unpaired) electrons. The number of aryl methyl sites for hydroxylation is 3. The van der Waals surface area contributed by atoms with Crippen molar-refractivity contribution in [3.05, 3.63) is 132 Å². The Labute approximate surface area is 250 Å². The third kappa shape index (κ3) is 3.38. The molecule has 2 aliphatic heterocycles. The second-order valence-corrected chi connectivity index (χ2v) is 13.1. The van der Waals surface area contributed by atoms with Crippen molar-refractivity contribution in [2.75, 3.05) is 4.90 Å². The number of thiophene rings is 1. The Morgan fingerprint density at radius 3 is 2.12 bits per heavy atom. The van der Waals surface area contributed by atoms with Gasteiger partial charge in [0.05, 0.1) is 0 Å². The van der Waals surface area contributed by atoms with Gasteiger partial charge in [0.2, 0.25) is 6.71 Å². The zero-order valence-electron chi connectivity index (χ0n) is 23.9. The smallest absolute Gasteiger partial charge is 0.248 e. The first-order valence-electron chi connectivity index (χ1n) is 14.7. The van der Waals surface area contributed by atoms with Crippen LogP contribution in [0.15, 0.2) is 115 Å². The topological polar surface area (TPSA) is 3.24 Å². The summed E-state index contributed by atoms with van der Waals surface area (Å²) in [5, 5.41) is 2.68. The standard InChI is InChI=1S/C39H28BNS/c1-23-8-13-28(14-9-23)41-35-16-11-25(3)19-34(35)40-33-18-24(2)10-15-29(33)32-21-27(22-36(41)39(32)40)26-12-17-38-31(20-26)30-6-4-5-7-37(30)42-38/h4-22H,1-3H3. The largest absolute Gasteiger partial charge is 0.311 e. The first-order valence-corrected chi connectivity index (χ1v) is 15.5. The monoisotopic (exact) mass is 553 g/mol. The Kier molecular flexibility index (Phi) is 4.98. The highest BCUT2D eigenvalue weighted by Crippen LogP contribution is 2.44. The van der Waals surface area contributed by atoms with Gasteiger partial charge in [0.15, 0.2) is 0 Å². The Morgan fingerprint density at radius 2 is 1.26 bits per heavy atom. The van der Waals surface area contributed by atoms with Crippen LogP contribution in [0.4, 0.5) is 17.1 Å². The number of hydrogen-bond acceptors (Lipinski definition) is 2. The number of hydrogen-bond donors (Lipinski definition) is 0. The molecule has 9 rings (SSSR count). The van der Waals surface area contributed by atoms with E-state index in [0.717, 1.165) is 0 Å². The van der Waals surface area contributed by atoms with Gasteiger partial charge in [-0.15, -0.1) is 11.3 Å². The molecule has 2 aliphatic rings. The molecule has 0 saturated heterocycles. The summed E-state index contributed by atoms with van der Waals surface area (Å²) < 4.78 is 2.69. The Bertz CT molecular complexity index is 2240. The molecule has 6 aromatic carbocycles. The average Bonchev–Trinajstić information content (AvgIpc) is 3.54. The quantitative estimate of drug-likeness (QED) is 0.193. The molecule has 198 valence electrons. The van der Waals surface area contributed by atoms with Gasteiger partial charge in [-0.3, -0.25) is 0 Å². The van der Waals surface area contributed by atoms with E-state index in [1.807, 2.05) is 11.3 Å². The van der Waals surface area contributed by atoms with Gasteiger partial charge in [-0.1, -0.05) is 88.9 Å². The van der Waals surface area contributed by atoms with Gasteiger partial charge < -0.3 is 4.90 Å². The minimum atomic E-state index is 0.235. The van der Waals surface area contributed by atoms with Gasteiger partial charge >= 0.3 is 0 Å². The van der Waals surface area contributed by atoms with E-state index in [1.54, 1.807) is 0 Å². The molecule has 1 aromatic heterocycles. The fourth-order valence-electron chi connectivity index (χ4n) is 7.28. The predicted molar refractivity (Wildman–Crippen MR) is 184 cm³/mol. The fourth-order valence-corrected chi connectivity index (χ4v) is 8.36. The van der Waals surface area contributed by atoms with Crippen LogP contribution in [-0.4, -0.2) is 6.71 Å². The van der Waals surface area contributed by atoms with Crippen molar-refractivity contribution in [1.29, 1.82) is 0 Å². The van der Waals surface area contributed by atoms with Crippen molar-refractivity contribution in [3.8, 4) is 22.3 Å². The van der Waals surface area contributed by atoms with E-state index in [2.05, 4.69) is 141 Å². The van der Waals surface area contributed by atoms with Crippen molar-refractivity contribution in [2.45, 2.75) is 20.8 Å². The summed E-state index contributed by atoms with van der Waals surface area (Å²) in [4.78, 5) is 2.50. The summed E-state index contributed by atoms with van der Waals surface area (Å²) in [7, 11) is 0. The molecule has 0 saturated carbocycles. The molecule has 3 heteroatoms. The first-order chi connectivity index (χ1) is 20.5. The van der Waals surface area contributed by atoms with Crippen LogP contribution in [0.1, 0.15) is 16.7 Å². The molecule has 42 heavy (non-hydrogen) atoms. The van der Waals surface area contributed by atoms with E-state index >= 15 is 0 Å². The molecule has 0 fully saturated rings. The van der Waals surface area contributed by atoms with Crippen molar-refractivity contribution < 1.29 is 0 Å². The lowest BCUT2D eigenvalue weighted by Gasteiger charge is -2.36. The zero-order valence-corrected chi connectivity index (χ0v) is 24.7. The minimum absolute atomic E-state index is 0.235. The van der Waals surface area contributed by atoms with Gasteiger partial charge in [0, 0.05) is 37.2 Å². The minimum Gasteiger partial charge on any atom is -0.311 e. The Balaban J connectivity index is 1.36. The van der Waals surface area contributed by atoms with Crippen molar-refractivity contribution in [3.63, 3.8) is 0 Å². The van der Waals surface area contributed by atoms with Gasteiger partial charge in [-0.05, 0) is 102 Å². The normalized spacial score (nSPS) is 13.0. The molecule has 0 spiro atoms. The van der Waals surface area contributed by atoms with Crippen LogP contribution in [0.25, 0.3) is 42.4 Å². The summed E-state index contributed by atoms with van der Waals surface area (Å²) in [6.07, 6.45) is 0. The molecule has 0 N–H and O–H groups in total. The summed E-state index contributed by atoms with van der Waals surface area (Å²) in [6.45, 7) is 6.83. The van der Waals surface area contributed by atoms with Crippen LogP contribution in [0.5, 0.6) is 0 Å². The number of rotatable bonds is 2. The Hall–Kier alpha value is -4.60. The molecular formula is C39H28BNS. The Morgan fingerprint density at radius 1 is 0.524 bits per heavy atom. The molecule has 0 bridgehead atoms. The van der Waals surface area contributed by atoms with E-state index in [-0.39, 0.29) is 6.71 Å². The fraction of sp³-hybridized carbons (Fsp3) is 0.0769. The molecule has 1 nitrogen and oxygen atoms in total. The van der Waals surface area contributed by atoms with Gasteiger partial charge in [-0.25, -0.2) is 0 Å². The average molecular weight is 554 g/mol. The van der Waals surface area contributed by atoms with E-state index in [9.17, 15) is 0 Å². The molecular weight excluding hydrogens is 525 g/mol. The maximum Gasteiger partial charge on any atom is 0.248 e. The predicted octanol–water partition coefficient (Wildman–Crippen LogP) is 8.93. The summed E-state index contributed by atoms with van der Waals surface area (Å²) in [6, 6.07) is 43.7. The second-order valence-electron chi connectivity index (χ2n) is 12.0.